The fourth-order valence-corrected chi connectivity index (χ4v) is 1.95. The molecule has 0 radical (unpaired) electrons. The normalized spacial score (nSPS) is 17.2. The predicted octanol–water partition coefficient (Wildman–Crippen LogP) is 3.54. The molecule has 1 aliphatic carbocycles. The third-order valence-electron chi connectivity index (χ3n) is 3.22. The van der Waals surface area contributed by atoms with Crippen molar-refractivity contribution in [2.24, 2.45) is 0 Å². The number of rotatable bonds is 3. The summed E-state index contributed by atoms with van der Waals surface area (Å²) in [7, 11) is 0. The van der Waals surface area contributed by atoms with E-state index >= 15 is 0 Å². The molecule has 0 spiro atoms. The second-order valence-corrected chi connectivity index (χ2v) is 5.03. The molecule has 0 heterocycles. The van der Waals surface area contributed by atoms with Crippen molar-refractivity contribution in [2.45, 2.75) is 31.2 Å². The van der Waals surface area contributed by atoms with E-state index in [1.807, 2.05) is 0 Å². The lowest BCUT2D eigenvalue weighted by Crippen LogP contribution is -2.48. The monoisotopic (exact) mass is 295 g/mol. The van der Waals surface area contributed by atoms with Gasteiger partial charge in [-0.1, -0.05) is 11.6 Å². The first-order chi connectivity index (χ1) is 8.68. The molecule has 1 saturated carbocycles. The number of alkyl halides is 2. The highest BCUT2D eigenvalue weighted by molar-refractivity contribution is 6.31. The molecule has 1 aliphatic rings. The molecule has 0 bridgehead atoms. The summed E-state index contributed by atoms with van der Waals surface area (Å²) in [6.07, 6.45) is 0.220. The van der Waals surface area contributed by atoms with Gasteiger partial charge in [-0.3, -0.25) is 4.79 Å². The van der Waals surface area contributed by atoms with Crippen LogP contribution in [-0.4, -0.2) is 17.4 Å². The predicted molar refractivity (Wildman–Crippen MR) is 61.4 cm³/mol. The molecule has 1 N–H and O–H groups in total. The molecule has 2 nitrogen and oxygen atoms in total. The highest BCUT2D eigenvalue weighted by atomic mass is 35.5. The number of carbonyl (C=O) groups is 1. The highest BCUT2D eigenvalue weighted by Crippen LogP contribution is 2.48. The largest absolute Gasteiger partial charge is 0.340 e. The van der Waals surface area contributed by atoms with Gasteiger partial charge in [0.15, 0.2) is 5.82 Å². The Kier molecular flexibility index (Phi) is 3.24. The zero-order valence-electron chi connectivity index (χ0n) is 9.87. The zero-order valence-corrected chi connectivity index (χ0v) is 10.6. The number of carbonyl (C=O) groups excluding carboxylic acids is 1. The van der Waals surface area contributed by atoms with Gasteiger partial charge in [0.05, 0.1) is 5.56 Å². The van der Waals surface area contributed by atoms with Crippen LogP contribution in [0.2, 0.25) is 5.02 Å². The van der Waals surface area contributed by atoms with Crippen LogP contribution >= 0.6 is 11.6 Å². The van der Waals surface area contributed by atoms with Crippen molar-refractivity contribution in [3.8, 4) is 0 Å². The molecule has 19 heavy (non-hydrogen) atoms. The second kappa shape index (κ2) is 4.37. The third-order valence-corrected chi connectivity index (χ3v) is 3.57. The first-order valence-electron chi connectivity index (χ1n) is 5.52. The van der Waals surface area contributed by atoms with Gasteiger partial charge in [-0.15, -0.1) is 0 Å². The summed E-state index contributed by atoms with van der Waals surface area (Å²) >= 11 is 5.33. The van der Waals surface area contributed by atoms with E-state index in [4.69, 9.17) is 11.6 Å². The molecule has 7 heteroatoms. The maximum atomic E-state index is 13.6. The maximum absolute atomic E-state index is 13.6. The molecule has 0 aliphatic heterocycles. The van der Waals surface area contributed by atoms with Gasteiger partial charge >= 0.3 is 0 Å². The Balaban J connectivity index is 2.25. The van der Waals surface area contributed by atoms with Gasteiger partial charge in [0.1, 0.15) is 16.4 Å². The lowest BCUT2D eigenvalue weighted by atomic mass is 10.1. The molecule has 104 valence electrons. The SMILES string of the molecule is CC(F)(F)C1(NC(=O)c2ccc(F)c(Cl)c2F)CC1. The summed E-state index contributed by atoms with van der Waals surface area (Å²) in [5.74, 6) is -6.41. The second-order valence-electron chi connectivity index (χ2n) is 4.65. The lowest BCUT2D eigenvalue weighted by molar-refractivity contribution is -0.0281. The van der Waals surface area contributed by atoms with Crippen molar-refractivity contribution < 1.29 is 22.4 Å². The molecule has 1 aromatic carbocycles. The summed E-state index contributed by atoms with van der Waals surface area (Å²) in [5.41, 5.74) is -2.20. The number of halogens is 5. The van der Waals surface area contributed by atoms with Crippen molar-refractivity contribution in [1.82, 2.24) is 5.32 Å². The summed E-state index contributed by atoms with van der Waals surface area (Å²) in [6.45, 7) is 0.689. The van der Waals surface area contributed by atoms with Crippen LogP contribution in [0.25, 0.3) is 0 Å². The van der Waals surface area contributed by atoms with Gasteiger partial charge in [0.2, 0.25) is 0 Å². The van der Waals surface area contributed by atoms with Gasteiger partial charge in [0.25, 0.3) is 11.8 Å². The van der Waals surface area contributed by atoms with Gasteiger partial charge in [-0.05, 0) is 25.0 Å². The lowest BCUT2D eigenvalue weighted by Gasteiger charge is -2.24. The zero-order chi connectivity index (χ0) is 14.4. The van der Waals surface area contributed by atoms with Crippen LogP contribution in [0.4, 0.5) is 17.6 Å². The summed E-state index contributed by atoms with van der Waals surface area (Å²) in [6, 6.07) is 1.68. The van der Waals surface area contributed by atoms with Crippen molar-refractivity contribution in [3.63, 3.8) is 0 Å². The van der Waals surface area contributed by atoms with Crippen molar-refractivity contribution >= 4 is 17.5 Å². The van der Waals surface area contributed by atoms with Crippen LogP contribution in [0.3, 0.4) is 0 Å². The summed E-state index contributed by atoms with van der Waals surface area (Å²) < 4.78 is 53.1. The first-order valence-corrected chi connectivity index (χ1v) is 5.89. The van der Waals surface area contributed by atoms with Crippen molar-refractivity contribution in [2.75, 3.05) is 0 Å². The Hall–Kier alpha value is -1.30. The van der Waals surface area contributed by atoms with E-state index in [-0.39, 0.29) is 12.8 Å². The summed E-state index contributed by atoms with van der Waals surface area (Å²) in [4.78, 5) is 11.8. The number of hydrogen-bond donors (Lipinski definition) is 1. The number of hydrogen-bond acceptors (Lipinski definition) is 1. The van der Waals surface area contributed by atoms with Gasteiger partial charge < -0.3 is 5.32 Å². The molecule has 2 rings (SSSR count). The highest BCUT2D eigenvalue weighted by Gasteiger charge is 2.60. The molecule has 0 unspecified atom stereocenters. The molecule has 1 amide bonds. The van der Waals surface area contributed by atoms with E-state index in [2.05, 4.69) is 5.32 Å². The quantitative estimate of drug-likeness (QED) is 0.671. The van der Waals surface area contributed by atoms with Gasteiger partial charge in [-0.25, -0.2) is 17.6 Å². The minimum absolute atomic E-state index is 0.110. The fraction of sp³-hybridized carbons (Fsp3) is 0.417. The minimum Gasteiger partial charge on any atom is -0.340 e. The van der Waals surface area contributed by atoms with Crippen LogP contribution in [-0.2, 0) is 0 Å². The summed E-state index contributed by atoms with van der Waals surface area (Å²) in [5, 5.41) is 1.27. The average Bonchev–Trinajstić information content (AvgIpc) is 3.06. The molecular formula is C12H10ClF4NO. The van der Waals surface area contributed by atoms with E-state index in [1.54, 1.807) is 0 Å². The Morgan fingerprint density at radius 3 is 2.42 bits per heavy atom. The third kappa shape index (κ3) is 2.41. The first kappa shape index (κ1) is 14.1. The Morgan fingerprint density at radius 1 is 1.37 bits per heavy atom. The topological polar surface area (TPSA) is 29.1 Å². The van der Waals surface area contributed by atoms with Crippen LogP contribution in [0.15, 0.2) is 12.1 Å². The fourth-order valence-electron chi connectivity index (χ4n) is 1.78. The average molecular weight is 296 g/mol. The number of nitrogens with one attached hydrogen (secondary N) is 1. The van der Waals surface area contributed by atoms with Crippen LogP contribution in [0.5, 0.6) is 0 Å². The Morgan fingerprint density at radius 2 is 1.95 bits per heavy atom. The van der Waals surface area contributed by atoms with E-state index in [0.717, 1.165) is 12.1 Å². The number of benzene rings is 1. The molecule has 0 aromatic heterocycles. The van der Waals surface area contributed by atoms with Gasteiger partial charge in [-0.2, -0.15) is 0 Å². The maximum Gasteiger partial charge on any atom is 0.267 e. The van der Waals surface area contributed by atoms with Gasteiger partial charge in [0, 0.05) is 6.92 Å². The Bertz CT molecular complexity index is 537. The molecule has 1 aromatic rings. The van der Waals surface area contributed by atoms with E-state index in [9.17, 15) is 22.4 Å². The smallest absolute Gasteiger partial charge is 0.267 e. The van der Waals surface area contributed by atoms with E-state index in [0.29, 0.717) is 6.92 Å². The van der Waals surface area contributed by atoms with Crippen LogP contribution in [0.1, 0.15) is 30.1 Å². The van der Waals surface area contributed by atoms with Crippen molar-refractivity contribution in [3.05, 3.63) is 34.4 Å². The van der Waals surface area contributed by atoms with Crippen LogP contribution in [0, 0.1) is 11.6 Å². The molecule has 0 atom stereocenters. The standard InChI is InChI=1S/C12H10ClF4NO/c1-11(16,17)12(4-5-12)18-10(19)6-2-3-7(14)8(13)9(6)15/h2-3H,4-5H2,1H3,(H,18,19). The van der Waals surface area contributed by atoms with E-state index in [1.165, 1.54) is 0 Å². The van der Waals surface area contributed by atoms with Crippen LogP contribution < -0.4 is 5.32 Å². The Labute approximate surface area is 111 Å². The minimum atomic E-state index is -3.11. The van der Waals surface area contributed by atoms with Crippen molar-refractivity contribution in [1.29, 1.82) is 0 Å². The number of amides is 1. The van der Waals surface area contributed by atoms with E-state index < -0.39 is 39.6 Å². The molecule has 1 fully saturated rings. The molecule has 0 saturated heterocycles. The molecular weight excluding hydrogens is 286 g/mol.